The quantitative estimate of drug-likeness (QED) is 0.485. The molecule has 0 aliphatic heterocycles. The zero-order valence-corrected chi connectivity index (χ0v) is 11.3. The Morgan fingerprint density at radius 2 is 1.32 bits per heavy atom. The lowest BCUT2D eigenvalue weighted by Crippen LogP contribution is -2.04. The second-order valence-corrected chi connectivity index (χ2v) is 4.53. The molecule has 0 saturated heterocycles. The van der Waals surface area contributed by atoms with Gasteiger partial charge in [0.15, 0.2) is 12.1 Å². The van der Waals surface area contributed by atoms with Crippen LogP contribution >= 0.6 is 0 Å². The summed E-state index contributed by atoms with van der Waals surface area (Å²) in [6, 6.07) is 14.0. The molecular weight excluding hydrogens is 293 g/mol. The Labute approximate surface area is 124 Å². The molecule has 2 rings (SSSR count). The molecular formula is C17H11F3O2. The van der Waals surface area contributed by atoms with Crippen molar-refractivity contribution in [3.63, 3.8) is 0 Å². The largest absolute Gasteiger partial charge is 0.410 e. The Morgan fingerprint density at radius 1 is 0.818 bits per heavy atom. The van der Waals surface area contributed by atoms with Crippen LogP contribution in [0.2, 0.25) is 0 Å². The number of rotatable bonds is 4. The van der Waals surface area contributed by atoms with Gasteiger partial charge in [-0.25, -0.2) is 0 Å². The number of carbonyl (C=O) groups excluding carboxylic acids is 2. The lowest BCUT2D eigenvalue weighted by molar-refractivity contribution is -0.104. The zero-order valence-electron chi connectivity index (χ0n) is 11.3. The summed E-state index contributed by atoms with van der Waals surface area (Å²) in [6.45, 7) is 0. The normalized spacial score (nSPS) is 12.0. The van der Waals surface area contributed by atoms with E-state index in [0.29, 0.717) is 11.1 Å². The molecule has 5 heteroatoms. The van der Waals surface area contributed by atoms with E-state index in [1.807, 2.05) is 0 Å². The molecule has 0 bridgehead atoms. The molecule has 22 heavy (non-hydrogen) atoms. The van der Waals surface area contributed by atoms with E-state index in [-0.39, 0.29) is 23.7 Å². The monoisotopic (exact) mass is 304 g/mol. The Morgan fingerprint density at radius 3 is 1.82 bits per heavy atom. The van der Waals surface area contributed by atoms with E-state index in [2.05, 4.69) is 0 Å². The summed E-state index contributed by atoms with van der Waals surface area (Å²) in [5.74, 6) is -0.236. The van der Waals surface area contributed by atoms with Crippen molar-refractivity contribution in [1.82, 2.24) is 0 Å². The minimum absolute atomic E-state index is 0.0615. The van der Waals surface area contributed by atoms with Crippen molar-refractivity contribution in [3.8, 4) is 0 Å². The van der Waals surface area contributed by atoms with Gasteiger partial charge in [0, 0.05) is 22.8 Å². The fraction of sp³-hybridized carbons (Fsp3) is 0.0588. The number of carbonyl (C=O) groups is 2. The van der Waals surface area contributed by atoms with Gasteiger partial charge in [0.2, 0.25) is 0 Å². The number of aldehydes is 1. The van der Waals surface area contributed by atoms with Crippen molar-refractivity contribution in [2.24, 2.45) is 0 Å². The van der Waals surface area contributed by atoms with Crippen LogP contribution in [0.5, 0.6) is 0 Å². The highest BCUT2D eigenvalue weighted by Gasteiger charge is 2.25. The summed E-state index contributed by atoms with van der Waals surface area (Å²) in [6.07, 6.45) is -4.50. The molecule has 0 aliphatic carbocycles. The van der Waals surface area contributed by atoms with Crippen LogP contribution in [-0.4, -0.2) is 18.2 Å². The van der Waals surface area contributed by atoms with Gasteiger partial charge in [0.05, 0.1) is 0 Å². The fourth-order valence-electron chi connectivity index (χ4n) is 1.93. The molecule has 0 amide bonds. The van der Waals surface area contributed by atoms with Crippen molar-refractivity contribution in [2.75, 3.05) is 0 Å². The molecule has 0 aliphatic rings. The maximum Gasteiger partial charge on any atom is 0.410 e. The third-order valence-corrected chi connectivity index (χ3v) is 2.96. The Bertz CT molecular complexity index is 699. The number of halogens is 3. The van der Waals surface area contributed by atoms with Crippen LogP contribution in [0.1, 0.15) is 21.5 Å². The van der Waals surface area contributed by atoms with E-state index >= 15 is 0 Å². The lowest BCUT2D eigenvalue weighted by atomic mass is 9.99. The topological polar surface area (TPSA) is 34.1 Å². The van der Waals surface area contributed by atoms with E-state index in [9.17, 15) is 22.8 Å². The van der Waals surface area contributed by atoms with Crippen molar-refractivity contribution in [1.29, 1.82) is 0 Å². The summed E-state index contributed by atoms with van der Waals surface area (Å²) in [5.41, 5.74) is 0.451. The highest BCUT2D eigenvalue weighted by molar-refractivity contribution is 6.10. The van der Waals surface area contributed by atoms with Crippen LogP contribution in [0.25, 0.3) is 5.57 Å². The summed E-state index contributed by atoms with van der Waals surface area (Å²) >= 11 is 0. The molecule has 0 unspecified atom stereocenters. The summed E-state index contributed by atoms with van der Waals surface area (Å²) < 4.78 is 37.0. The second kappa shape index (κ2) is 6.39. The first kappa shape index (κ1) is 15.7. The molecule has 0 saturated carbocycles. The number of hydrogen-bond acceptors (Lipinski definition) is 2. The van der Waals surface area contributed by atoms with Gasteiger partial charge in [-0.1, -0.05) is 54.6 Å². The number of benzene rings is 2. The summed E-state index contributed by atoms with van der Waals surface area (Å²) in [7, 11) is 0. The first-order valence-corrected chi connectivity index (χ1v) is 6.35. The van der Waals surface area contributed by atoms with Crippen LogP contribution in [0.3, 0.4) is 0 Å². The van der Waals surface area contributed by atoms with Gasteiger partial charge in [0.25, 0.3) is 0 Å². The van der Waals surface area contributed by atoms with Crippen LogP contribution in [-0.2, 0) is 4.79 Å². The van der Waals surface area contributed by atoms with Crippen LogP contribution < -0.4 is 0 Å². The zero-order chi connectivity index (χ0) is 16.2. The Hall–Kier alpha value is -2.69. The third-order valence-electron chi connectivity index (χ3n) is 2.96. The number of hydrogen-bond donors (Lipinski definition) is 0. The van der Waals surface area contributed by atoms with Gasteiger partial charge < -0.3 is 0 Å². The first-order chi connectivity index (χ1) is 10.4. The van der Waals surface area contributed by atoms with E-state index in [1.165, 1.54) is 24.3 Å². The molecule has 0 atom stereocenters. The van der Waals surface area contributed by atoms with E-state index in [0.717, 1.165) is 0 Å². The molecule has 2 nitrogen and oxygen atoms in total. The molecule has 0 fully saturated rings. The van der Waals surface area contributed by atoms with Crippen molar-refractivity contribution in [3.05, 3.63) is 77.4 Å². The molecule has 0 heterocycles. The Kier molecular flexibility index (Phi) is 4.56. The second-order valence-electron chi connectivity index (χ2n) is 4.53. The molecule has 2 aromatic rings. The molecule has 112 valence electrons. The average Bonchev–Trinajstić information content (AvgIpc) is 2.52. The molecule has 0 radical (unpaired) electrons. The summed E-state index contributed by atoms with van der Waals surface area (Å²) in [4.78, 5) is 22.9. The van der Waals surface area contributed by atoms with Gasteiger partial charge in [-0.3, -0.25) is 9.59 Å². The average molecular weight is 304 g/mol. The number of allylic oxidation sites excluding steroid dienone is 2. The van der Waals surface area contributed by atoms with Crippen molar-refractivity contribution < 1.29 is 22.8 Å². The minimum Gasteiger partial charge on any atom is -0.298 e. The van der Waals surface area contributed by atoms with Gasteiger partial charge in [-0.05, 0) is 5.56 Å². The van der Waals surface area contributed by atoms with Crippen LogP contribution in [0.15, 0.2) is 60.7 Å². The third kappa shape index (κ3) is 3.91. The molecule has 2 aromatic carbocycles. The van der Waals surface area contributed by atoms with Gasteiger partial charge in [-0.2, -0.15) is 13.2 Å². The predicted octanol–water partition coefficient (Wildman–Crippen LogP) is 4.06. The van der Waals surface area contributed by atoms with Gasteiger partial charge in [0.1, 0.15) is 0 Å². The first-order valence-electron chi connectivity index (χ1n) is 6.35. The molecule has 0 spiro atoms. The van der Waals surface area contributed by atoms with Gasteiger partial charge in [-0.15, -0.1) is 0 Å². The summed E-state index contributed by atoms with van der Waals surface area (Å²) in [5, 5.41) is 0. The van der Waals surface area contributed by atoms with Crippen LogP contribution in [0.4, 0.5) is 13.2 Å². The predicted molar refractivity (Wildman–Crippen MR) is 76.4 cm³/mol. The Balaban J connectivity index is 2.29. The molecule has 0 aromatic heterocycles. The highest BCUT2D eigenvalue weighted by atomic mass is 19.4. The molecule has 0 N–H and O–H groups in total. The van der Waals surface area contributed by atoms with Gasteiger partial charge >= 0.3 is 6.18 Å². The highest BCUT2D eigenvalue weighted by Crippen LogP contribution is 2.23. The number of alkyl halides is 3. The SMILES string of the molecule is O=C/C(=C/C(F)(F)F)c1ccc(C(=O)c2ccccc2)cc1. The van der Waals surface area contributed by atoms with Crippen molar-refractivity contribution in [2.45, 2.75) is 6.18 Å². The lowest BCUT2D eigenvalue weighted by Gasteiger charge is -2.05. The van der Waals surface area contributed by atoms with E-state index < -0.39 is 11.7 Å². The number of ketones is 1. The standard InChI is InChI=1S/C17H11F3O2/c18-17(19,20)10-15(11-21)12-6-8-14(9-7-12)16(22)13-4-2-1-3-5-13/h1-11H/b15-10-. The minimum atomic E-state index is -4.57. The van der Waals surface area contributed by atoms with E-state index in [4.69, 9.17) is 0 Å². The van der Waals surface area contributed by atoms with Crippen LogP contribution in [0, 0.1) is 0 Å². The van der Waals surface area contributed by atoms with Crippen molar-refractivity contribution >= 4 is 17.6 Å². The van der Waals surface area contributed by atoms with E-state index in [1.54, 1.807) is 30.3 Å². The maximum absolute atomic E-state index is 12.3. The maximum atomic E-state index is 12.3. The smallest absolute Gasteiger partial charge is 0.298 e. The fourth-order valence-corrected chi connectivity index (χ4v) is 1.93.